The Hall–Kier alpha value is -1.58. The summed E-state index contributed by atoms with van der Waals surface area (Å²) in [5, 5.41) is 8.69. The van der Waals surface area contributed by atoms with E-state index in [4.69, 9.17) is 26.8 Å². The molecular weight excluding hydrogens is 478 g/mol. The van der Waals surface area contributed by atoms with Gasteiger partial charge in [-0.1, -0.05) is 30.4 Å². The van der Waals surface area contributed by atoms with E-state index in [0.29, 0.717) is 46.9 Å². The number of ether oxygens (including phenoxy) is 2. The molecule has 1 aliphatic rings. The van der Waals surface area contributed by atoms with E-state index in [0.717, 1.165) is 22.9 Å². The highest BCUT2D eigenvalue weighted by molar-refractivity contribution is 9.10. The number of nitrogens with zero attached hydrogens (tertiary/aromatic N) is 1. The second-order valence-corrected chi connectivity index (χ2v) is 8.76. The van der Waals surface area contributed by atoms with Gasteiger partial charge in [-0.25, -0.2) is 0 Å². The normalized spacial score (nSPS) is 15.3. The van der Waals surface area contributed by atoms with E-state index in [2.05, 4.69) is 15.9 Å². The summed E-state index contributed by atoms with van der Waals surface area (Å²) in [7, 11) is 0. The average Bonchev–Trinajstić information content (AvgIpc) is 2.91. The van der Waals surface area contributed by atoms with Crippen LogP contribution in [0.1, 0.15) is 45.1 Å². The lowest BCUT2D eigenvalue weighted by molar-refractivity contribution is -0.137. The Bertz CT molecular complexity index is 812. The Kier molecular flexibility index (Phi) is 9.45. The summed E-state index contributed by atoms with van der Waals surface area (Å²) in [5.41, 5.74) is 0.811. The molecular formula is C20H24BrNO5S2. The molecule has 158 valence electrons. The third kappa shape index (κ3) is 6.72. The molecule has 1 N–H and O–H groups in total. The highest BCUT2D eigenvalue weighted by Crippen LogP contribution is 2.39. The Labute approximate surface area is 188 Å². The topological polar surface area (TPSA) is 76.1 Å². The van der Waals surface area contributed by atoms with Crippen LogP contribution < -0.4 is 9.47 Å². The first-order chi connectivity index (χ1) is 13.9. The van der Waals surface area contributed by atoms with Crippen molar-refractivity contribution < 1.29 is 24.2 Å². The van der Waals surface area contributed by atoms with E-state index in [1.807, 2.05) is 26.0 Å². The van der Waals surface area contributed by atoms with Crippen LogP contribution in [0.2, 0.25) is 0 Å². The SMILES string of the molecule is CCOc1cc(/C=C2\SC(=S)N(CCCCCC(=O)O)C2=O)cc(Br)c1OCC. The predicted octanol–water partition coefficient (Wildman–Crippen LogP) is 5.09. The average molecular weight is 502 g/mol. The molecule has 0 saturated carbocycles. The van der Waals surface area contributed by atoms with Gasteiger partial charge in [0.1, 0.15) is 4.32 Å². The van der Waals surface area contributed by atoms with Crippen LogP contribution in [0.15, 0.2) is 21.5 Å². The molecule has 0 spiro atoms. The summed E-state index contributed by atoms with van der Waals surface area (Å²) in [6.07, 6.45) is 4.00. The van der Waals surface area contributed by atoms with Crippen molar-refractivity contribution in [3.8, 4) is 11.5 Å². The Morgan fingerprint density at radius 1 is 1.24 bits per heavy atom. The summed E-state index contributed by atoms with van der Waals surface area (Å²) < 4.78 is 12.6. The van der Waals surface area contributed by atoms with Gasteiger partial charge in [0, 0.05) is 13.0 Å². The zero-order chi connectivity index (χ0) is 21.4. The van der Waals surface area contributed by atoms with E-state index in [9.17, 15) is 9.59 Å². The number of carboxylic acid groups (broad SMARTS) is 1. The standard InChI is InChI=1S/C20H24BrNO5S2/c1-3-26-15-11-13(10-14(21)18(15)27-4-2)12-16-19(25)22(20(28)29-16)9-7-5-6-8-17(23)24/h10-12H,3-9H2,1-2H3,(H,23,24)/b16-12-. The number of carbonyl (C=O) groups is 2. The first-order valence-electron chi connectivity index (χ1n) is 9.43. The number of hydrogen-bond donors (Lipinski definition) is 1. The molecule has 1 heterocycles. The molecule has 0 bridgehead atoms. The van der Waals surface area contributed by atoms with Crippen molar-refractivity contribution in [3.63, 3.8) is 0 Å². The fraction of sp³-hybridized carbons (Fsp3) is 0.450. The predicted molar refractivity (Wildman–Crippen MR) is 122 cm³/mol. The molecule has 29 heavy (non-hydrogen) atoms. The van der Waals surface area contributed by atoms with Gasteiger partial charge in [-0.3, -0.25) is 14.5 Å². The number of carbonyl (C=O) groups excluding carboxylic acids is 1. The highest BCUT2D eigenvalue weighted by Gasteiger charge is 2.31. The van der Waals surface area contributed by atoms with Crippen molar-refractivity contribution in [1.82, 2.24) is 4.90 Å². The summed E-state index contributed by atoms with van der Waals surface area (Å²) >= 11 is 10.1. The Morgan fingerprint density at radius 3 is 2.62 bits per heavy atom. The fourth-order valence-electron chi connectivity index (χ4n) is 2.79. The molecule has 1 fully saturated rings. The molecule has 9 heteroatoms. The molecule has 1 aromatic carbocycles. The van der Waals surface area contributed by atoms with E-state index in [1.165, 1.54) is 11.8 Å². The van der Waals surface area contributed by atoms with Gasteiger partial charge >= 0.3 is 5.97 Å². The lowest BCUT2D eigenvalue weighted by Gasteiger charge is -2.14. The summed E-state index contributed by atoms with van der Waals surface area (Å²) in [6, 6.07) is 3.73. The molecule has 0 unspecified atom stereocenters. The largest absolute Gasteiger partial charge is 0.490 e. The number of aliphatic carboxylic acids is 1. The third-order valence-electron chi connectivity index (χ3n) is 4.06. The molecule has 0 radical (unpaired) electrons. The first kappa shape index (κ1) is 23.7. The second-order valence-electron chi connectivity index (χ2n) is 6.23. The highest BCUT2D eigenvalue weighted by atomic mass is 79.9. The molecule has 1 saturated heterocycles. The van der Waals surface area contributed by atoms with Crippen LogP contribution in [0, 0.1) is 0 Å². The van der Waals surface area contributed by atoms with Gasteiger partial charge in [0.15, 0.2) is 11.5 Å². The maximum atomic E-state index is 12.7. The lowest BCUT2D eigenvalue weighted by Crippen LogP contribution is -2.29. The van der Waals surface area contributed by atoms with Crippen molar-refractivity contribution in [2.45, 2.75) is 39.5 Å². The number of carboxylic acids is 1. The zero-order valence-corrected chi connectivity index (χ0v) is 19.6. The van der Waals surface area contributed by atoms with Crippen molar-refractivity contribution in [2.24, 2.45) is 0 Å². The molecule has 6 nitrogen and oxygen atoms in total. The maximum absolute atomic E-state index is 12.7. The van der Waals surface area contributed by atoms with E-state index in [1.54, 1.807) is 11.0 Å². The molecule has 1 aromatic rings. The molecule has 0 aliphatic carbocycles. The van der Waals surface area contributed by atoms with Crippen molar-refractivity contribution in [2.75, 3.05) is 19.8 Å². The van der Waals surface area contributed by atoms with Crippen molar-refractivity contribution in [1.29, 1.82) is 0 Å². The molecule has 0 atom stereocenters. The minimum absolute atomic E-state index is 0.124. The smallest absolute Gasteiger partial charge is 0.303 e. The van der Waals surface area contributed by atoms with Crippen molar-refractivity contribution >= 4 is 62.2 Å². The van der Waals surface area contributed by atoms with E-state index < -0.39 is 5.97 Å². The van der Waals surface area contributed by atoms with E-state index >= 15 is 0 Å². The maximum Gasteiger partial charge on any atom is 0.303 e. The van der Waals surface area contributed by atoms with Gasteiger partial charge < -0.3 is 14.6 Å². The van der Waals surface area contributed by atoms with Crippen LogP contribution in [0.5, 0.6) is 11.5 Å². The third-order valence-corrected chi connectivity index (χ3v) is 6.03. The summed E-state index contributed by atoms with van der Waals surface area (Å²) in [6.45, 7) is 5.32. The monoisotopic (exact) mass is 501 g/mol. The van der Waals surface area contributed by atoms with Crippen molar-refractivity contribution in [3.05, 3.63) is 27.1 Å². The number of thioether (sulfide) groups is 1. The minimum Gasteiger partial charge on any atom is -0.490 e. The number of benzene rings is 1. The first-order valence-corrected chi connectivity index (χ1v) is 11.4. The quantitative estimate of drug-likeness (QED) is 0.257. The second kappa shape index (κ2) is 11.6. The van der Waals surface area contributed by atoms with Crippen LogP contribution in [0.3, 0.4) is 0 Å². The molecule has 1 aliphatic heterocycles. The molecule has 2 rings (SSSR count). The van der Waals surface area contributed by atoms with Crippen LogP contribution in [0.25, 0.3) is 6.08 Å². The molecule has 0 aromatic heterocycles. The summed E-state index contributed by atoms with van der Waals surface area (Å²) in [5.74, 6) is 0.331. The van der Waals surface area contributed by atoms with Gasteiger partial charge in [-0.15, -0.1) is 0 Å². The lowest BCUT2D eigenvalue weighted by atomic mass is 10.1. The molecule has 1 amide bonds. The van der Waals surface area contributed by atoms with Gasteiger partial charge in [0.25, 0.3) is 5.91 Å². The van der Waals surface area contributed by atoms with E-state index in [-0.39, 0.29) is 12.3 Å². The Morgan fingerprint density at radius 2 is 1.97 bits per heavy atom. The van der Waals surface area contributed by atoms with Gasteiger partial charge in [0.05, 0.1) is 22.6 Å². The van der Waals surface area contributed by atoms with Gasteiger partial charge in [-0.05, 0) is 66.4 Å². The van der Waals surface area contributed by atoms with Crippen LogP contribution in [0.4, 0.5) is 0 Å². The zero-order valence-electron chi connectivity index (χ0n) is 16.4. The van der Waals surface area contributed by atoms with Gasteiger partial charge in [-0.2, -0.15) is 0 Å². The number of amides is 1. The number of unbranched alkanes of at least 4 members (excludes halogenated alkanes) is 2. The number of halogens is 1. The number of thiocarbonyl (C=S) groups is 1. The summed E-state index contributed by atoms with van der Waals surface area (Å²) in [4.78, 5) is 25.5. The Balaban J connectivity index is 2.11. The van der Waals surface area contributed by atoms with Gasteiger partial charge in [0.2, 0.25) is 0 Å². The van der Waals surface area contributed by atoms with Crippen LogP contribution in [-0.2, 0) is 9.59 Å². The fourth-order valence-corrected chi connectivity index (χ4v) is 4.67. The number of hydrogen-bond acceptors (Lipinski definition) is 6. The van der Waals surface area contributed by atoms with Crippen LogP contribution in [-0.4, -0.2) is 46.0 Å². The minimum atomic E-state index is -0.800. The number of rotatable bonds is 11. The van der Waals surface area contributed by atoms with Crippen LogP contribution >= 0.6 is 39.9 Å².